The molecule has 0 bridgehead atoms. The van der Waals surface area contributed by atoms with Crippen molar-refractivity contribution < 1.29 is 39.9 Å². The summed E-state index contributed by atoms with van der Waals surface area (Å²) in [5, 5.41) is 0. The van der Waals surface area contributed by atoms with Gasteiger partial charge in [0.05, 0.1) is 35.3 Å². The maximum absolute atomic E-state index is 13.6. The van der Waals surface area contributed by atoms with Crippen LogP contribution in [0.1, 0.15) is 42.5 Å². The average Bonchev–Trinajstić information content (AvgIpc) is 3.28. The molecule has 0 saturated carbocycles. The van der Waals surface area contributed by atoms with Gasteiger partial charge in [-0.1, -0.05) is 25.6 Å². The van der Waals surface area contributed by atoms with Crippen molar-refractivity contribution in [3.05, 3.63) is 100 Å². The van der Waals surface area contributed by atoms with E-state index in [9.17, 15) is 35.1 Å². The molecule has 1 aliphatic rings. The molecule has 0 saturated heterocycles. The van der Waals surface area contributed by atoms with E-state index in [-0.39, 0.29) is 23.0 Å². The Bertz CT molecular complexity index is 1390. The van der Waals surface area contributed by atoms with Crippen LogP contribution >= 0.6 is 0 Å². The lowest BCUT2D eigenvalue weighted by Gasteiger charge is -2.16. The summed E-state index contributed by atoms with van der Waals surface area (Å²) in [5.74, 6) is -0.698. The van der Waals surface area contributed by atoms with E-state index in [2.05, 4.69) is 21.6 Å². The van der Waals surface area contributed by atoms with Gasteiger partial charge in [0.25, 0.3) is 0 Å². The first-order valence-electron chi connectivity index (χ1n) is 11.6. The molecule has 2 aromatic rings. The van der Waals surface area contributed by atoms with Crippen molar-refractivity contribution >= 4 is 23.3 Å². The predicted molar refractivity (Wildman–Crippen MR) is 139 cm³/mol. The third kappa shape index (κ3) is 8.20. The Morgan fingerprint density at radius 3 is 2.17 bits per heavy atom. The summed E-state index contributed by atoms with van der Waals surface area (Å²) in [5.41, 5.74) is -1.85. The number of alkyl halides is 6. The number of ether oxygens (including phenoxy) is 1. The van der Waals surface area contributed by atoms with Crippen molar-refractivity contribution in [3.8, 4) is 0 Å². The number of amidine groups is 1. The monoisotopic (exact) mass is 571 g/mol. The van der Waals surface area contributed by atoms with Gasteiger partial charge in [0.1, 0.15) is 17.3 Å². The molecule has 0 aromatic heterocycles. The summed E-state index contributed by atoms with van der Waals surface area (Å²) >= 11 is 0. The highest BCUT2D eigenvalue weighted by molar-refractivity contribution is 6.42. The number of allylic oxidation sites excluding steroid dienone is 5. The Morgan fingerprint density at radius 2 is 1.68 bits per heavy atom. The van der Waals surface area contributed by atoms with E-state index >= 15 is 0 Å². The van der Waals surface area contributed by atoms with Crippen LogP contribution in [0.3, 0.4) is 0 Å². The molecule has 1 heterocycles. The molecule has 0 atom stereocenters. The minimum atomic E-state index is -4.92. The van der Waals surface area contributed by atoms with Crippen molar-refractivity contribution in [1.29, 1.82) is 0 Å². The van der Waals surface area contributed by atoms with E-state index in [0.717, 1.165) is 12.1 Å². The Labute approximate surface area is 225 Å². The van der Waals surface area contributed by atoms with Crippen LogP contribution in [0.25, 0.3) is 5.57 Å². The van der Waals surface area contributed by atoms with Gasteiger partial charge in [-0.2, -0.15) is 26.3 Å². The van der Waals surface area contributed by atoms with Gasteiger partial charge in [0.2, 0.25) is 0 Å². The standard InChI is InChI=1S/C15H14F6O.C13H11F2N3/c1-4-11(22-3)7-9(2)12-6-5-10(14(16,17)18)8-13(12)15(19,20)21;1-3-11-12(7-16-2)18-13(17-11)9-5-4-8(14)6-10(9)15/h5-8H,2,4H2,1,3H3;3-7H,1-2H3/b11-7-;11-3+,16-7?. The molecule has 1 aliphatic heterocycles. The molecule has 3 rings (SSSR count). The Kier molecular flexibility index (Phi) is 10.7. The fraction of sp³-hybridized carbons (Fsp3) is 0.250. The molecule has 214 valence electrons. The SMILES string of the molecule is C/C=C1/N=C(c2ccc(F)cc2F)N=C1C=NC.C=C(/C=C(/CC)OC)c1ccc(C(F)(F)F)cc1C(F)(F)F. The van der Waals surface area contributed by atoms with Crippen molar-refractivity contribution in [2.45, 2.75) is 32.6 Å². The number of rotatable bonds is 6. The van der Waals surface area contributed by atoms with Crippen LogP contribution in [-0.4, -0.2) is 31.9 Å². The van der Waals surface area contributed by atoms with Gasteiger partial charge in [-0.05, 0) is 48.4 Å². The molecule has 0 radical (unpaired) electrons. The number of nitrogens with zero attached hydrogens (tertiary/aromatic N) is 3. The normalized spacial score (nSPS) is 15.1. The smallest absolute Gasteiger partial charge is 0.417 e. The minimum absolute atomic E-state index is 0.0697. The van der Waals surface area contributed by atoms with Gasteiger partial charge in [-0.3, -0.25) is 4.99 Å². The highest BCUT2D eigenvalue weighted by Gasteiger charge is 2.38. The highest BCUT2D eigenvalue weighted by Crippen LogP contribution is 2.39. The van der Waals surface area contributed by atoms with E-state index in [1.807, 2.05) is 6.92 Å². The van der Waals surface area contributed by atoms with Crippen LogP contribution < -0.4 is 0 Å². The first-order chi connectivity index (χ1) is 18.7. The van der Waals surface area contributed by atoms with Crippen molar-refractivity contribution in [2.24, 2.45) is 15.0 Å². The van der Waals surface area contributed by atoms with Gasteiger partial charge in [0.15, 0.2) is 5.84 Å². The number of hydrogen-bond acceptors (Lipinski definition) is 4. The van der Waals surface area contributed by atoms with Gasteiger partial charge < -0.3 is 4.74 Å². The van der Waals surface area contributed by atoms with Crippen LogP contribution in [0.5, 0.6) is 0 Å². The lowest BCUT2D eigenvalue weighted by atomic mass is 9.97. The first kappa shape index (κ1) is 32.1. The van der Waals surface area contributed by atoms with Crippen LogP contribution in [0.15, 0.2) is 81.6 Å². The number of aliphatic imine (C=N–C) groups is 3. The van der Waals surface area contributed by atoms with Crippen LogP contribution in [0.4, 0.5) is 35.1 Å². The lowest BCUT2D eigenvalue weighted by molar-refractivity contribution is -0.143. The highest BCUT2D eigenvalue weighted by atomic mass is 19.4. The first-order valence-corrected chi connectivity index (χ1v) is 11.6. The van der Waals surface area contributed by atoms with Crippen LogP contribution in [-0.2, 0) is 17.1 Å². The summed E-state index contributed by atoms with van der Waals surface area (Å²) in [6, 6.07) is 4.78. The van der Waals surface area contributed by atoms with Crippen LogP contribution in [0.2, 0.25) is 0 Å². The maximum Gasteiger partial charge on any atom is 0.417 e. The largest absolute Gasteiger partial charge is 0.501 e. The van der Waals surface area contributed by atoms with E-state index < -0.39 is 40.7 Å². The molecular weight excluding hydrogens is 546 g/mol. The Hall–Kier alpha value is -4.09. The number of methoxy groups -OCH3 is 1. The lowest BCUT2D eigenvalue weighted by Crippen LogP contribution is -2.13. The molecule has 0 N–H and O–H groups in total. The minimum Gasteiger partial charge on any atom is -0.501 e. The van der Waals surface area contributed by atoms with Crippen LogP contribution in [0, 0.1) is 11.6 Å². The number of hydrogen-bond donors (Lipinski definition) is 0. The zero-order valence-corrected chi connectivity index (χ0v) is 21.9. The van der Waals surface area contributed by atoms with Crippen molar-refractivity contribution in [2.75, 3.05) is 14.2 Å². The molecule has 0 fully saturated rings. The van der Waals surface area contributed by atoms with Gasteiger partial charge in [-0.15, -0.1) is 0 Å². The summed E-state index contributed by atoms with van der Waals surface area (Å²) in [6.07, 6.45) is -4.78. The fourth-order valence-corrected chi connectivity index (χ4v) is 3.40. The molecule has 0 unspecified atom stereocenters. The molecular formula is C28H25F8N3O. The zero-order chi connectivity index (χ0) is 30.3. The van der Waals surface area contributed by atoms with E-state index in [4.69, 9.17) is 4.74 Å². The summed E-state index contributed by atoms with van der Waals surface area (Å²) in [6.45, 7) is 7.02. The second-order valence-corrected chi connectivity index (χ2v) is 8.07. The number of benzene rings is 2. The van der Waals surface area contributed by atoms with E-state index in [1.165, 1.54) is 25.3 Å². The van der Waals surface area contributed by atoms with E-state index in [1.54, 1.807) is 26.3 Å². The Morgan fingerprint density at radius 1 is 1.00 bits per heavy atom. The third-order valence-corrected chi connectivity index (χ3v) is 5.36. The van der Waals surface area contributed by atoms with Crippen molar-refractivity contribution in [1.82, 2.24) is 0 Å². The zero-order valence-electron chi connectivity index (χ0n) is 21.9. The van der Waals surface area contributed by atoms with Gasteiger partial charge in [-0.25, -0.2) is 18.8 Å². The number of halogens is 8. The molecule has 0 amide bonds. The molecule has 0 spiro atoms. The van der Waals surface area contributed by atoms with Gasteiger partial charge >= 0.3 is 12.4 Å². The second kappa shape index (κ2) is 13.3. The second-order valence-electron chi connectivity index (χ2n) is 8.07. The fourth-order valence-electron chi connectivity index (χ4n) is 3.40. The molecule has 12 heteroatoms. The molecule has 0 aliphatic carbocycles. The quantitative estimate of drug-likeness (QED) is 0.149. The predicted octanol–water partition coefficient (Wildman–Crippen LogP) is 8.45. The van der Waals surface area contributed by atoms with E-state index in [0.29, 0.717) is 29.7 Å². The average molecular weight is 572 g/mol. The van der Waals surface area contributed by atoms with Crippen molar-refractivity contribution in [3.63, 3.8) is 0 Å². The summed E-state index contributed by atoms with van der Waals surface area (Å²) in [7, 11) is 2.96. The topological polar surface area (TPSA) is 46.3 Å². The molecule has 40 heavy (non-hydrogen) atoms. The summed E-state index contributed by atoms with van der Waals surface area (Å²) in [4.78, 5) is 12.2. The Balaban J connectivity index is 0.000000285. The molecule has 2 aromatic carbocycles. The third-order valence-electron chi connectivity index (χ3n) is 5.36. The molecule has 4 nitrogen and oxygen atoms in total. The maximum atomic E-state index is 13.6. The van der Waals surface area contributed by atoms with Gasteiger partial charge in [0, 0.05) is 25.7 Å². The summed E-state index contributed by atoms with van der Waals surface area (Å²) < 4.78 is 108.